The molecule has 0 saturated heterocycles. The van der Waals surface area contributed by atoms with Crippen LogP contribution in [0.25, 0.3) is 0 Å². The van der Waals surface area contributed by atoms with Gasteiger partial charge in [0.1, 0.15) is 11.9 Å². The molecule has 1 unspecified atom stereocenters. The van der Waals surface area contributed by atoms with E-state index in [9.17, 15) is 0 Å². The standard InChI is InChI=1S/C11H19N3O2/c1-5-15-10-6-11(14-9(3)13-10)16-8(2)7-12-4/h6,8,12H,5,7H2,1-4H3. The van der Waals surface area contributed by atoms with E-state index < -0.39 is 0 Å². The molecular weight excluding hydrogens is 206 g/mol. The largest absolute Gasteiger partial charge is 0.478 e. The molecule has 1 aromatic heterocycles. The summed E-state index contributed by atoms with van der Waals surface area (Å²) < 4.78 is 11.0. The van der Waals surface area contributed by atoms with Crippen molar-refractivity contribution in [1.82, 2.24) is 15.3 Å². The van der Waals surface area contributed by atoms with Crippen LogP contribution in [0, 0.1) is 6.92 Å². The average molecular weight is 225 g/mol. The van der Waals surface area contributed by atoms with Gasteiger partial charge in [-0.3, -0.25) is 0 Å². The van der Waals surface area contributed by atoms with E-state index in [0.717, 1.165) is 6.54 Å². The number of ether oxygens (including phenoxy) is 2. The van der Waals surface area contributed by atoms with Gasteiger partial charge in [0.05, 0.1) is 12.7 Å². The number of aromatic nitrogens is 2. The van der Waals surface area contributed by atoms with E-state index in [1.54, 1.807) is 6.07 Å². The molecule has 0 radical (unpaired) electrons. The molecule has 0 amide bonds. The van der Waals surface area contributed by atoms with Crippen LogP contribution < -0.4 is 14.8 Å². The number of aryl methyl sites for hydroxylation is 1. The van der Waals surface area contributed by atoms with Gasteiger partial charge in [-0.1, -0.05) is 0 Å². The first kappa shape index (κ1) is 12.7. The van der Waals surface area contributed by atoms with Gasteiger partial charge in [-0.25, -0.2) is 0 Å². The van der Waals surface area contributed by atoms with Gasteiger partial charge in [-0.2, -0.15) is 9.97 Å². The van der Waals surface area contributed by atoms with Crippen molar-refractivity contribution < 1.29 is 9.47 Å². The second-order valence-electron chi connectivity index (χ2n) is 3.51. The summed E-state index contributed by atoms with van der Waals surface area (Å²) in [7, 11) is 1.89. The minimum Gasteiger partial charge on any atom is -0.478 e. The first-order valence-electron chi connectivity index (χ1n) is 5.45. The summed E-state index contributed by atoms with van der Waals surface area (Å²) in [6, 6.07) is 1.71. The smallest absolute Gasteiger partial charge is 0.220 e. The lowest BCUT2D eigenvalue weighted by Gasteiger charge is -2.14. The van der Waals surface area contributed by atoms with Gasteiger partial charge in [0.2, 0.25) is 11.8 Å². The fourth-order valence-electron chi connectivity index (χ4n) is 1.33. The molecule has 0 aliphatic rings. The molecule has 16 heavy (non-hydrogen) atoms. The third-order valence-corrected chi connectivity index (χ3v) is 1.90. The molecule has 90 valence electrons. The molecule has 0 spiro atoms. The first-order valence-corrected chi connectivity index (χ1v) is 5.45. The molecule has 1 N–H and O–H groups in total. The van der Waals surface area contributed by atoms with Crippen molar-refractivity contribution in [2.24, 2.45) is 0 Å². The summed E-state index contributed by atoms with van der Waals surface area (Å²) in [5, 5.41) is 3.04. The third-order valence-electron chi connectivity index (χ3n) is 1.90. The zero-order valence-electron chi connectivity index (χ0n) is 10.3. The molecule has 0 aromatic carbocycles. The van der Waals surface area contributed by atoms with Crippen LogP contribution in [0.1, 0.15) is 19.7 Å². The fraction of sp³-hybridized carbons (Fsp3) is 0.636. The highest BCUT2D eigenvalue weighted by molar-refractivity contribution is 5.20. The van der Waals surface area contributed by atoms with Crippen LogP contribution in [0.3, 0.4) is 0 Å². The monoisotopic (exact) mass is 225 g/mol. The fourth-order valence-corrected chi connectivity index (χ4v) is 1.33. The second kappa shape index (κ2) is 6.27. The molecule has 1 heterocycles. The van der Waals surface area contributed by atoms with Crippen molar-refractivity contribution in [3.05, 3.63) is 11.9 Å². The summed E-state index contributed by atoms with van der Waals surface area (Å²) in [6.45, 7) is 7.07. The number of likely N-dealkylation sites (N-methyl/N-ethyl adjacent to an activating group) is 1. The predicted octanol–water partition coefficient (Wildman–Crippen LogP) is 1.17. The maximum atomic E-state index is 5.63. The van der Waals surface area contributed by atoms with E-state index in [1.165, 1.54) is 0 Å². The number of hydrogen-bond acceptors (Lipinski definition) is 5. The normalized spacial score (nSPS) is 12.2. The Balaban J connectivity index is 2.71. The maximum absolute atomic E-state index is 5.63. The summed E-state index contributed by atoms with van der Waals surface area (Å²) in [5.74, 6) is 1.76. The Labute approximate surface area is 96.2 Å². The first-order chi connectivity index (χ1) is 7.65. The van der Waals surface area contributed by atoms with Crippen LogP contribution in [-0.2, 0) is 0 Å². The number of nitrogens with zero attached hydrogens (tertiary/aromatic N) is 2. The lowest BCUT2D eigenvalue weighted by molar-refractivity contribution is 0.209. The van der Waals surface area contributed by atoms with Crippen molar-refractivity contribution in [1.29, 1.82) is 0 Å². The van der Waals surface area contributed by atoms with Gasteiger partial charge < -0.3 is 14.8 Å². The molecule has 0 aliphatic carbocycles. The minimum atomic E-state index is 0.0637. The van der Waals surface area contributed by atoms with Crippen molar-refractivity contribution in [2.45, 2.75) is 26.9 Å². The lowest BCUT2D eigenvalue weighted by Crippen LogP contribution is -2.26. The topological polar surface area (TPSA) is 56.3 Å². The Morgan fingerprint density at radius 3 is 2.69 bits per heavy atom. The Kier molecular flexibility index (Phi) is 4.98. The van der Waals surface area contributed by atoms with Gasteiger partial charge in [-0.05, 0) is 27.8 Å². The molecule has 1 atom stereocenters. The van der Waals surface area contributed by atoms with E-state index in [-0.39, 0.29) is 6.10 Å². The Hall–Kier alpha value is -1.36. The predicted molar refractivity (Wildman–Crippen MR) is 62.0 cm³/mol. The van der Waals surface area contributed by atoms with Crippen LogP contribution in [0.15, 0.2) is 6.07 Å². The van der Waals surface area contributed by atoms with Crippen LogP contribution >= 0.6 is 0 Å². The SMILES string of the molecule is CCOc1cc(OC(C)CNC)nc(C)n1. The Morgan fingerprint density at radius 2 is 2.06 bits per heavy atom. The quantitative estimate of drug-likeness (QED) is 0.787. The lowest BCUT2D eigenvalue weighted by atomic mass is 10.4. The van der Waals surface area contributed by atoms with E-state index in [1.807, 2.05) is 27.8 Å². The molecule has 1 rings (SSSR count). The summed E-state index contributed by atoms with van der Waals surface area (Å²) in [4.78, 5) is 8.35. The van der Waals surface area contributed by atoms with E-state index >= 15 is 0 Å². The third kappa shape index (κ3) is 4.02. The summed E-state index contributed by atoms with van der Waals surface area (Å²) in [6.07, 6.45) is 0.0637. The van der Waals surface area contributed by atoms with Crippen molar-refractivity contribution in [3.63, 3.8) is 0 Å². The van der Waals surface area contributed by atoms with Crippen molar-refractivity contribution in [2.75, 3.05) is 20.2 Å². The highest BCUT2D eigenvalue weighted by Gasteiger charge is 2.07. The summed E-state index contributed by atoms with van der Waals surface area (Å²) >= 11 is 0. The molecule has 5 heteroatoms. The zero-order chi connectivity index (χ0) is 12.0. The van der Waals surface area contributed by atoms with Crippen LogP contribution in [0.5, 0.6) is 11.8 Å². The second-order valence-corrected chi connectivity index (χ2v) is 3.51. The molecule has 1 aromatic rings. The molecular formula is C11H19N3O2. The highest BCUT2D eigenvalue weighted by atomic mass is 16.5. The van der Waals surface area contributed by atoms with Crippen molar-refractivity contribution in [3.8, 4) is 11.8 Å². The van der Waals surface area contributed by atoms with Gasteiger partial charge in [0.25, 0.3) is 0 Å². The van der Waals surface area contributed by atoms with E-state index in [4.69, 9.17) is 9.47 Å². The van der Waals surface area contributed by atoms with Crippen LogP contribution in [0.4, 0.5) is 0 Å². The molecule has 0 aliphatic heterocycles. The van der Waals surface area contributed by atoms with Gasteiger partial charge in [0, 0.05) is 6.54 Å². The number of nitrogens with one attached hydrogen (secondary N) is 1. The number of rotatable bonds is 6. The van der Waals surface area contributed by atoms with Gasteiger partial charge in [-0.15, -0.1) is 0 Å². The Morgan fingerprint density at radius 1 is 1.38 bits per heavy atom. The average Bonchev–Trinajstić information content (AvgIpc) is 2.17. The zero-order valence-corrected chi connectivity index (χ0v) is 10.3. The van der Waals surface area contributed by atoms with Crippen LogP contribution in [-0.4, -0.2) is 36.3 Å². The van der Waals surface area contributed by atoms with Crippen LogP contribution in [0.2, 0.25) is 0 Å². The molecule has 0 fully saturated rings. The van der Waals surface area contributed by atoms with Gasteiger partial charge >= 0.3 is 0 Å². The Bertz CT molecular complexity index is 331. The molecule has 0 saturated carbocycles. The molecule has 5 nitrogen and oxygen atoms in total. The number of hydrogen-bond donors (Lipinski definition) is 1. The minimum absolute atomic E-state index is 0.0637. The highest BCUT2D eigenvalue weighted by Crippen LogP contribution is 2.16. The van der Waals surface area contributed by atoms with Crippen molar-refractivity contribution >= 4 is 0 Å². The summed E-state index contributed by atoms with van der Waals surface area (Å²) in [5.41, 5.74) is 0. The molecule has 0 bridgehead atoms. The van der Waals surface area contributed by atoms with E-state index in [0.29, 0.717) is 24.2 Å². The maximum Gasteiger partial charge on any atom is 0.220 e. The van der Waals surface area contributed by atoms with E-state index in [2.05, 4.69) is 15.3 Å². The van der Waals surface area contributed by atoms with Gasteiger partial charge in [0.15, 0.2) is 0 Å².